The first kappa shape index (κ1) is 14.6. The number of pyridine rings is 1. The van der Waals surface area contributed by atoms with Crippen molar-refractivity contribution in [2.75, 3.05) is 0 Å². The van der Waals surface area contributed by atoms with Gasteiger partial charge in [0.1, 0.15) is 5.82 Å². The van der Waals surface area contributed by atoms with Crippen LogP contribution in [0.1, 0.15) is 10.4 Å². The predicted molar refractivity (Wildman–Crippen MR) is 86.5 cm³/mol. The van der Waals surface area contributed by atoms with E-state index in [2.05, 4.69) is 26.3 Å². The predicted octanol–water partition coefficient (Wildman–Crippen LogP) is 3.41. The lowest BCUT2D eigenvalue weighted by molar-refractivity contribution is 0.0955. The molecule has 0 atom stereocenters. The number of nitrogens with two attached hydrogens (primary N) is 1. The summed E-state index contributed by atoms with van der Waals surface area (Å²) in [6.45, 7) is 0. The van der Waals surface area contributed by atoms with Crippen molar-refractivity contribution in [1.29, 1.82) is 0 Å². The van der Waals surface area contributed by atoms with E-state index in [-0.39, 0.29) is 5.82 Å². The summed E-state index contributed by atoms with van der Waals surface area (Å²) >= 11 is 3.38. The van der Waals surface area contributed by atoms with Crippen molar-refractivity contribution in [1.82, 2.24) is 10.4 Å². The molecule has 0 aliphatic carbocycles. The van der Waals surface area contributed by atoms with Crippen LogP contribution in [-0.2, 0) is 0 Å². The fourth-order valence-corrected chi connectivity index (χ4v) is 2.59. The molecule has 6 heteroatoms. The average molecular weight is 360 g/mol. The summed E-state index contributed by atoms with van der Waals surface area (Å²) in [6.07, 6.45) is 0. The van der Waals surface area contributed by atoms with Crippen LogP contribution in [0.2, 0.25) is 0 Å². The van der Waals surface area contributed by atoms with Crippen LogP contribution in [0.15, 0.2) is 53.0 Å². The Kier molecular flexibility index (Phi) is 3.87. The monoisotopic (exact) mass is 359 g/mol. The second kappa shape index (κ2) is 5.82. The first-order valence-electron chi connectivity index (χ1n) is 6.45. The first-order chi connectivity index (χ1) is 10.6. The van der Waals surface area contributed by atoms with Gasteiger partial charge in [0, 0.05) is 15.4 Å². The Hall–Kier alpha value is -2.31. The van der Waals surface area contributed by atoms with Crippen molar-refractivity contribution >= 4 is 32.7 Å². The number of hydrogen-bond acceptors (Lipinski definition) is 3. The second-order valence-electron chi connectivity index (χ2n) is 4.70. The summed E-state index contributed by atoms with van der Waals surface area (Å²) < 4.78 is 13.9. The van der Waals surface area contributed by atoms with Gasteiger partial charge in [-0.25, -0.2) is 15.2 Å². The number of halogens is 2. The number of fused-ring (bicyclic) bond motifs is 1. The molecular weight excluding hydrogens is 349 g/mol. The van der Waals surface area contributed by atoms with Gasteiger partial charge in [-0.15, -0.1) is 0 Å². The lowest BCUT2D eigenvalue weighted by Gasteiger charge is -2.09. The second-order valence-corrected chi connectivity index (χ2v) is 5.61. The van der Waals surface area contributed by atoms with E-state index in [1.165, 1.54) is 12.1 Å². The van der Waals surface area contributed by atoms with Gasteiger partial charge in [0.15, 0.2) is 0 Å². The van der Waals surface area contributed by atoms with Crippen molar-refractivity contribution in [3.05, 3.63) is 64.4 Å². The number of carbonyl (C=O) groups excluding carboxylic acids is 1. The number of amides is 1. The van der Waals surface area contributed by atoms with Crippen molar-refractivity contribution in [2.45, 2.75) is 0 Å². The van der Waals surface area contributed by atoms with Crippen molar-refractivity contribution in [3.63, 3.8) is 0 Å². The van der Waals surface area contributed by atoms with Crippen LogP contribution < -0.4 is 11.3 Å². The standard InChI is InChI=1S/C16H11BrFN3O/c17-10-3-6-14-12(7-10)13(16(22)21-19)8-15(20-14)9-1-4-11(18)5-2-9/h1-8H,19H2,(H,21,22). The molecule has 0 saturated heterocycles. The molecule has 3 rings (SSSR count). The van der Waals surface area contributed by atoms with Gasteiger partial charge in [0.05, 0.1) is 16.8 Å². The van der Waals surface area contributed by atoms with Gasteiger partial charge in [-0.3, -0.25) is 10.2 Å². The quantitative estimate of drug-likeness (QED) is 0.418. The Labute approximate surface area is 134 Å². The first-order valence-corrected chi connectivity index (χ1v) is 7.25. The highest BCUT2D eigenvalue weighted by Gasteiger charge is 2.13. The Bertz CT molecular complexity index is 865. The summed E-state index contributed by atoms with van der Waals surface area (Å²) in [5.41, 5.74) is 4.50. The topological polar surface area (TPSA) is 68.0 Å². The zero-order valence-electron chi connectivity index (χ0n) is 11.3. The Morgan fingerprint density at radius 1 is 1.14 bits per heavy atom. The lowest BCUT2D eigenvalue weighted by Crippen LogP contribution is -2.30. The number of benzene rings is 2. The van der Waals surface area contributed by atoms with Gasteiger partial charge in [-0.1, -0.05) is 15.9 Å². The molecule has 3 aromatic rings. The number of aromatic nitrogens is 1. The summed E-state index contributed by atoms with van der Waals surface area (Å²) in [5, 5.41) is 0.684. The molecule has 0 fully saturated rings. The van der Waals surface area contributed by atoms with Gasteiger partial charge < -0.3 is 0 Å². The zero-order chi connectivity index (χ0) is 15.7. The maximum Gasteiger partial charge on any atom is 0.265 e. The largest absolute Gasteiger partial charge is 0.290 e. The minimum absolute atomic E-state index is 0.326. The number of nitrogen functional groups attached to an aromatic ring is 1. The van der Waals surface area contributed by atoms with Gasteiger partial charge in [0.25, 0.3) is 5.91 Å². The summed E-state index contributed by atoms with van der Waals surface area (Å²) in [6, 6.07) is 13.0. The van der Waals surface area contributed by atoms with Crippen LogP contribution in [-0.4, -0.2) is 10.9 Å². The Morgan fingerprint density at radius 2 is 1.86 bits per heavy atom. The van der Waals surface area contributed by atoms with E-state index in [1.54, 1.807) is 30.3 Å². The van der Waals surface area contributed by atoms with Gasteiger partial charge in [0.2, 0.25) is 0 Å². The Balaban J connectivity index is 2.26. The third kappa shape index (κ3) is 2.70. The van der Waals surface area contributed by atoms with E-state index in [0.29, 0.717) is 22.2 Å². The van der Waals surface area contributed by atoms with Crippen molar-refractivity contribution < 1.29 is 9.18 Å². The number of nitrogens with one attached hydrogen (secondary N) is 1. The number of hydrogen-bond donors (Lipinski definition) is 2. The van der Waals surface area contributed by atoms with Gasteiger partial charge >= 0.3 is 0 Å². The summed E-state index contributed by atoms with van der Waals surface area (Å²) in [5.74, 6) is 4.53. The average Bonchev–Trinajstić information content (AvgIpc) is 2.54. The number of nitrogens with zero attached hydrogens (tertiary/aromatic N) is 1. The van der Waals surface area contributed by atoms with E-state index in [4.69, 9.17) is 5.84 Å². The number of rotatable bonds is 2. The fourth-order valence-electron chi connectivity index (χ4n) is 2.23. The van der Waals surface area contributed by atoms with E-state index in [1.807, 2.05) is 6.07 Å². The van der Waals surface area contributed by atoms with Crippen LogP contribution in [0.3, 0.4) is 0 Å². The summed E-state index contributed by atoms with van der Waals surface area (Å²) in [7, 11) is 0. The highest BCUT2D eigenvalue weighted by Crippen LogP contribution is 2.27. The zero-order valence-corrected chi connectivity index (χ0v) is 12.9. The smallest absolute Gasteiger partial charge is 0.265 e. The normalized spacial score (nSPS) is 10.7. The fraction of sp³-hybridized carbons (Fsp3) is 0. The Morgan fingerprint density at radius 3 is 2.55 bits per heavy atom. The SMILES string of the molecule is NNC(=O)c1cc(-c2ccc(F)cc2)nc2ccc(Br)cc12. The lowest BCUT2D eigenvalue weighted by atomic mass is 10.0. The van der Waals surface area contributed by atoms with E-state index in [9.17, 15) is 9.18 Å². The molecule has 110 valence electrons. The maximum absolute atomic E-state index is 13.1. The maximum atomic E-state index is 13.1. The molecule has 0 unspecified atom stereocenters. The molecule has 2 aromatic carbocycles. The minimum atomic E-state index is -0.408. The molecule has 0 radical (unpaired) electrons. The van der Waals surface area contributed by atoms with Crippen molar-refractivity contribution in [2.24, 2.45) is 5.84 Å². The molecule has 22 heavy (non-hydrogen) atoms. The molecule has 4 nitrogen and oxygen atoms in total. The van der Waals surface area contributed by atoms with Crippen LogP contribution in [0.4, 0.5) is 4.39 Å². The van der Waals surface area contributed by atoms with Crippen LogP contribution in [0, 0.1) is 5.82 Å². The molecule has 1 aromatic heterocycles. The van der Waals surface area contributed by atoms with Crippen molar-refractivity contribution in [3.8, 4) is 11.3 Å². The molecular formula is C16H11BrFN3O. The number of hydrazine groups is 1. The van der Waals surface area contributed by atoms with Gasteiger partial charge in [-0.05, 0) is 48.5 Å². The third-order valence-corrected chi connectivity index (χ3v) is 3.78. The van der Waals surface area contributed by atoms with E-state index >= 15 is 0 Å². The van der Waals surface area contributed by atoms with Gasteiger partial charge in [-0.2, -0.15) is 0 Å². The molecule has 1 amide bonds. The minimum Gasteiger partial charge on any atom is -0.290 e. The number of carbonyl (C=O) groups is 1. The molecule has 0 saturated carbocycles. The van der Waals surface area contributed by atoms with Crippen LogP contribution in [0.25, 0.3) is 22.2 Å². The molecule has 0 spiro atoms. The van der Waals surface area contributed by atoms with Crippen LogP contribution >= 0.6 is 15.9 Å². The molecule has 3 N–H and O–H groups in total. The highest BCUT2D eigenvalue weighted by molar-refractivity contribution is 9.10. The highest BCUT2D eigenvalue weighted by atomic mass is 79.9. The summed E-state index contributed by atoms with van der Waals surface area (Å²) in [4.78, 5) is 16.6. The van der Waals surface area contributed by atoms with E-state index < -0.39 is 5.91 Å². The third-order valence-electron chi connectivity index (χ3n) is 3.29. The molecule has 1 heterocycles. The van der Waals surface area contributed by atoms with E-state index in [0.717, 1.165) is 10.0 Å². The molecule has 0 aliphatic rings. The molecule has 0 bridgehead atoms. The van der Waals surface area contributed by atoms with Crippen LogP contribution in [0.5, 0.6) is 0 Å². The molecule has 0 aliphatic heterocycles.